The molecule has 1 fully saturated rings. The van der Waals surface area contributed by atoms with Crippen molar-refractivity contribution in [1.82, 2.24) is 10.2 Å². The fourth-order valence-electron chi connectivity index (χ4n) is 2.53. The summed E-state index contributed by atoms with van der Waals surface area (Å²) in [7, 11) is -0.672. The van der Waals surface area contributed by atoms with E-state index in [1.807, 2.05) is 6.26 Å². The molecule has 0 bridgehead atoms. The maximum Gasteiger partial charge on any atom is 0.0329 e. The second-order valence-corrected chi connectivity index (χ2v) is 7.13. The largest absolute Gasteiger partial charge is 0.314 e. The van der Waals surface area contributed by atoms with Gasteiger partial charge in [-0.05, 0) is 38.4 Å². The van der Waals surface area contributed by atoms with Gasteiger partial charge in [0.15, 0.2) is 0 Å². The van der Waals surface area contributed by atoms with Crippen molar-refractivity contribution in [2.24, 2.45) is 5.92 Å². The molecule has 0 radical (unpaired) electrons. The van der Waals surface area contributed by atoms with Gasteiger partial charge < -0.3 is 10.2 Å². The first kappa shape index (κ1) is 15.1. The van der Waals surface area contributed by atoms with Crippen molar-refractivity contribution in [3.05, 3.63) is 0 Å². The molecule has 17 heavy (non-hydrogen) atoms. The lowest BCUT2D eigenvalue weighted by Gasteiger charge is -2.37. The van der Waals surface area contributed by atoms with Crippen LogP contribution in [-0.2, 0) is 10.8 Å². The fourth-order valence-corrected chi connectivity index (χ4v) is 2.97. The van der Waals surface area contributed by atoms with Crippen LogP contribution < -0.4 is 5.32 Å². The summed E-state index contributed by atoms with van der Waals surface area (Å²) in [5, 5.41) is 3.89. The van der Waals surface area contributed by atoms with Gasteiger partial charge in [-0.15, -0.1) is 0 Å². The lowest BCUT2D eigenvalue weighted by Crippen LogP contribution is -2.48. The molecular weight excluding hydrogens is 232 g/mol. The van der Waals surface area contributed by atoms with Crippen LogP contribution in [0.15, 0.2) is 0 Å². The maximum absolute atomic E-state index is 11.3. The van der Waals surface area contributed by atoms with Crippen molar-refractivity contribution >= 4 is 10.8 Å². The topological polar surface area (TPSA) is 32.3 Å². The number of hydrogen-bond acceptors (Lipinski definition) is 3. The van der Waals surface area contributed by atoms with E-state index in [0.717, 1.165) is 25.4 Å². The summed E-state index contributed by atoms with van der Waals surface area (Å²) in [6.07, 6.45) is 4.12. The molecule has 1 aliphatic rings. The Hall–Kier alpha value is 0.0700. The summed E-state index contributed by atoms with van der Waals surface area (Å²) in [5.74, 6) is 0.728. The van der Waals surface area contributed by atoms with Crippen LogP contribution in [-0.4, -0.2) is 52.8 Å². The molecule has 1 rings (SSSR count). The zero-order valence-electron chi connectivity index (χ0n) is 11.7. The van der Waals surface area contributed by atoms with Gasteiger partial charge in [0.25, 0.3) is 0 Å². The highest BCUT2D eigenvalue weighted by Gasteiger charge is 2.25. The third kappa shape index (κ3) is 5.06. The number of hydrogen-bond donors (Lipinski definition) is 1. The third-order valence-electron chi connectivity index (χ3n) is 3.87. The van der Waals surface area contributed by atoms with Gasteiger partial charge in [-0.3, -0.25) is 4.21 Å². The second kappa shape index (κ2) is 7.49. The van der Waals surface area contributed by atoms with Crippen LogP contribution >= 0.6 is 0 Å². The molecule has 1 aliphatic heterocycles. The summed E-state index contributed by atoms with van der Waals surface area (Å²) in [6.45, 7) is 11.1. The number of likely N-dealkylation sites (tertiary alicyclic amines) is 1. The van der Waals surface area contributed by atoms with Crippen molar-refractivity contribution in [2.45, 2.75) is 44.9 Å². The van der Waals surface area contributed by atoms with E-state index < -0.39 is 10.8 Å². The highest BCUT2D eigenvalue weighted by Crippen LogP contribution is 2.17. The van der Waals surface area contributed by atoms with E-state index in [-0.39, 0.29) is 0 Å². The minimum absolute atomic E-state index is 0.330. The summed E-state index contributed by atoms with van der Waals surface area (Å²) in [4.78, 5) is 2.53. The Morgan fingerprint density at radius 2 is 2.24 bits per heavy atom. The minimum atomic E-state index is -0.672. The first-order valence-electron chi connectivity index (χ1n) is 6.82. The van der Waals surface area contributed by atoms with Gasteiger partial charge in [0.1, 0.15) is 0 Å². The molecule has 0 spiro atoms. The molecule has 0 aromatic rings. The fraction of sp³-hybridized carbons (Fsp3) is 1.00. The molecule has 4 heteroatoms. The van der Waals surface area contributed by atoms with Crippen LogP contribution in [0.3, 0.4) is 0 Å². The molecule has 0 amide bonds. The van der Waals surface area contributed by atoms with Crippen molar-refractivity contribution < 1.29 is 4.21 Å². The van der Waals surface area contributed by atoms with E-state index in [2.05, 4.69) is 31.0 Å². The predicted octanol–water partition coefficient (Wildman–Crippen LogP) is 1.46. The molecule has 0 aromatic heterocycles. The first-order valence-corrected chi connectivity index (χ1v) is 8.44. The molecule has 1 heterocycles. The Kier molecular flexibility index (Phi) is 6.67. The van der Waals surface area contributed by atoms with Crippen molar-refractivity contribution in [2.75, 3.05) is 32.4 Å². The number of rotatable bonds is 6. The Morgan fingerprint density at radius 3 is 2.76 bits per heavy atom. The van der Waals surface area contributed by atoms with Crippen molar-refractivity contribution in [3.8, 4) is 0 Å². The summed E-state index contributed by atoms with van der Waals surface area (Å²) < 4.78 is 11.3. The smallest absolute Gasteiger partial charge is 0.0329 e. The second-order valence-electron chi connectivity index (χ2n) is 5.33. The summed E-state index contributed by atoms with van der Waals surface area (Å²) in [5.41, 5.74) is 0. The molecule has 0 aliphatic carbocycles. The van der Waals surface area contributed by atoms with Crippen LogP contribution in [0.5, 0.6) is 0 Å². The van der Waals surface area contributed by atoms with Gasteiger partial charge in [0, 0.05) is 34.9 Å². The molecule has 0 saturated carbocycles. The number of piperidine rings is 1. The molecule has 4 atom stereocenters. The van der Waals surface area contributed by atoms with Gasteiger partial charge >= 0.3 is 0 Å². The summed E-state index contributed by atoms with van der Waals surface area (Å²) >= 11 is 0. The number of nitrogens with one attached hydrogen (secondary N) is 1. The van der Waals surface area contributed by atoms with E-state index in [0.29, 0.717) is 11.3 Å². The standard InChI is InChI=1S/C13H28N2OS/c1-5-14-13-7-9-15(10-11(13)2)8-6-12(3)17(4)16/h11-14H,5-10H2,1-4H3. The monoisotopic (exact) mass is 260 g/mol. The average Bonchev–Trinajstić information content (AvgIpc) is 2.29. The Morgan fingerprint density at radius 1 is 1.53 bits per heavy atom. The van der Waals surface area contributed by atoms with Crippen LogP contribution in [0.25, 0.3) is 0 Å². The van der Waals surface area contributed by atoms with Crippen molar-refractivity contribution in [1.29, 1.82) is 0 Å². The van der Waals surface area contributed by atoms with Gasteiger partial charge in [-0.25, -0.2) is 0 Å². The van der Waals surface area contributed by atoms with Gasteiger partial charge in [0.05, 0.1) is 0 Å². The van der Waals surface area contributed by atoms with Gasteiger partial charge in [0.2, 0.25) is 0 Å². The van der Waals surface area contributed by atoms with E-state index >= 15 is 0 Å². The van der Waals surface area contributed by atoms with Crippen LogP contribution in [0.1, 0.15) is 33.6 Å². The molecule has 1 saturated heterocycles. The number of nitrogens with zero attached hydrogens (tertiary/aromatic N) is 1. The van der Waals surface area contributed by atoms with E-state index in [1.165, 1.54) is 19.5 Å². The maximum atomic E-state index is 11.3. The highest BCUT2D eigenvalue weighted by molar-refractivity contribution is 7.84. The zero-order chi connectivity index (χ0) is 12.8. The predicted molar refractivity (Wildman–Crippen MR) is 75.8 cm³/mol. The molecular formula is C13H28N2OS. The molecule has 1 N–H and O–H groups in total. The molecule has 4 unspecified atom stereocenters. The highest BCUT2D eigenvalue weighted by atomic mass is 32.2. The first-order chi connectivity index (χ1) is 8.04. The van der Waals surface area contributed by atoms with Gasteiger partial charge in [-0.2, -0.15) is 0 Å². The van der Waals surface area contributed by atoms with E-state index in [4.69, 9.17) is 0 Å². The Labute approximate surface area is 109 Å². The third-order valence-corrected chi connectivity index (χ3v) is 5.24. The van der Waals surface area contributed by atoms with Crippen LogP contribution in [0, 0.1) is 5.92 Å². The lowest BCUT2D eigenvalue weighted by atomic mass is 9.93. The zero-order valence-corrected chi connectivity index (χ0v) is 12.6. The van der Waals surface area contributed by atoms with Crippen molar-refractivity contribution in [3.63, 3.8) is 0 Å². The SMILES string of the molecule is CCNC1CCN(CCC(C)S(C)=O)CC1C. The minimum Gasteiger partial charge on any atom is -0.314 e. The Balaban J connectivity index is 2.27. The normalized spacial score (nSPS) is 30.1. The average molecular weight is 260 g/mol. The summed E-state index contributed by atoms with van der Waals surface area (Å²) in [6, 6.07) is 0.689. The van der Waals surface area contributed by atoms with Gasteiger partial charge in [-0.1, -0.05) is 20.8 Å². The van der Waals surface area contributed by atoms with E-state index in [9.17, 15) is 4.21 Å². The quantitative estimate of drug-likeness (QED) is 0.785. The lowest BCUT2D eigenvalue weighted by molar-refractivity contribution is 0.147. The van der Waals surface area contributed by atoms with E-state index in [1.54, 1.807) is 0 Å². The molecule has 0 aromatic carbocycles. The molecule has 3 nitrogen and oxygen atoms in total. The Bertz CT molecular complexity index is 248. The van der Waals surface area contributed by atoms with Crippen LogP contribution in [0.2, 0.25) is 0 Å². The molecule has 102 valence electrons. The van der Waals surface area contributed by atoms with Crippen LogP contribution in [0.4, 0.5) is 0 Å².